The second-order valence-electron chi connectivity index (χ2n) is 14.8. The van der Waals surface area contributed by atoms with Crippen LogP contribution in [0.1, 0.15) is 0 Å². The van der Waals surface area contributed by atoms with Crippen LogP contribution in [0.15, 0.2) is 200 Å². The Bertz CT molecular complexity index is 3490. The molecule has 5 nitrogen and oxygen atoms in total. The number of fused-ring (bicyclic) bond motifs is 12. The van der Waals surface area contributed by atoms with Crippen LogP contribution in [0.25, 0.3) is 111 Å². The van der Waals surface area contributed by atoms with Gasteiger partial charge in [-0.2, -0.15) is 0 Å². The van der Waals surface area contributed by atoms with Gasteiger partial charge >= 0.3 is 0 Å². The largest absolute Gasteiger partial charge is 0.309 e. The van der Waals surface area contributed by atoms with E-state index in [4.69, 9.17) is 15.0 Å². The first-order valence-electron chi connectivity index (χ1n) is 19.6. The van der Waals surface area contributed by atoms with Crippen molar-refractivity contribution < 1.29 is 0 Å². The van der Waals surface area contributed by atoms with Gasteiger partial charge in [0.1, 0.15) is 0 Å². The van der Waals surface area contributed by atoms with Crippen LogP contribution in [0.5, 0.6) is 0 Å². The fourth-order valence-electron chi connectivity index (χ4n) is 8.88. The van der Waals surface area contributed by atoms with E-state index in [1.54, 1.807) is 0 Å². The molecule has 0 radical (unpaired) electrons. The summed E-state index contributed by atoms with van der Waals surface area (Å²) < 4.78 is 4.90. The Morgan fingerprint density at radius 3 is 1.57 bits per heavy atom. The highest BCUT2D eigenvalue weighted by atomic mass is 15.0. The molecule has 8 aromatic carbocycles. The normalized spacial score (nSPS) is 11.8. The van der Waals surface area contributed by atoms with Crippen molar-refractivity contribution in [3.05, 3.63) is 200 Å². The van der Waals surface area contributed by atoms with Crippen molar-refractivity contribution in [3.63, 3.8) is 0 Å². The average Bonchev–Trinajstić information content (AvgIpc) is 3.86. The Kier molecular flexibility index (Phi) is 7.16. The van der Waals surface area contributed by atoms with Crippen molar-refractivity contribution in [2.75, 3.05) is 0 Å². The molecule has 270 valence electrons. The SMILES string of the molecule is c1ccc(-c2nc(-c3ccccc3)nc(-c3cccc(-c4ccc(-n5c6ccccc6c6ccc7c(c8ccccc8c8cc9ccccc9n87)c65)cc4)c3)n2)cc1. The monoisotopic (exact) mass is 739 g/mol. The average molecular weight is 740 g/mol. The van der Waals surface area contributed by atoms with Crippen LogP contribution in [0.2, 0.25) is 0 Å². The molecule has 0 amide bonds. The minimum absolute atomic E-state index is 0.639. The standard InChI is InChI=1S/C53H33N5/c1-3-14-35(15-4-1)51-54-52(36-16-5-2-6-17-36)56-53(55-51)39-20-13-19-37(32-39)34-26-28-40(29-27-34)57-46-25-12-10-22-42(46)44-30-31-47-49(50(44)57)43-23-9-8-21-41(43)48-33-38-18-7-11-24-45(38)58(47)48/h1-33H. The van der Waals surface area contributed by atoms with Gasteiger partial charge in [0.05, 0.1) is 27.6 Å². The Hall–Kier alpha value is -7.89. The van der Waals surface area contributed by atoms with E-state index in [1.165, 1.54) is 59.9 Å². The molecule has 12 rings (SSSR count). The van der Waals surface area contributed by atoms with Crippen molar-refractivity contribution in [1.82, 2.24) is 23.9 Å². The van der Waals surface area contributed by atoms with Crippen molar-refractivity contribution in [2.24, 2.45) is 0 Å². The third kappa shape index (κ3) is 5.00. The van der Waals surface area contributed by atoms with Crippen molar-refractivity contribution >= 4 is 59.9 Å². The quantitative estimate of drug-likeness (QED) is 0.165. The Balaban J connectivity index is 1.03. The number of benzene rings is 8. The van der Waals surface area contributed by atoms with E-state index < -0.39 is 0 Å². The lowest BCUT2D eigenvalue weighted by Crippen LogP contribution is -2.00. The lowest BCUT2D eigenvalue weighted by Gasteiger charge is -2.15. The van der Waals surface area contributed by atoms with Gasteiger partial charge in [0, 0.05) is 49.3 Å². The predicted octanol–water partition coefficient (Wildman–Crippen LogP) is 13.3. The molecule has 4 heterocycles. The molecule has 0 N–H and O–H groups in total. The lowest BCUT2D eigenvalue weighted by molar-refractivity contribution is 1.07. The summed E-state index contributed by atoms with van der Waals surface area (Å²) in [6, 6.07) is 71.0. The number of hydrogen-bond donors (Lipinski definition) is 0. The van der Waals surface area contributed by atoms with E-state index in [1.807, 2.05) is 60.7 Å². The molecular formula is C53H33N5. The summed E-state index contributed by atoms with van der Waals surface area (Å²) >= 11 is 0. The zero-order valence-electron chi connectivity index (χ0n) is 31.3. The predicted molar refractivity (Wildman–Crippen MR) is 239 cm³/mol. The minimum Gasteiger partial charge on any atom is -0.309 e. The van der Waals surface area contributed by atoms with Crippen LogP contribution in [0.3, 0.4) is 0 Å². The highest BCUT2D eigenvalue weighted by Gasteiger charge is 2.20. The first-order valence-corrected chi connectivity index (χ1v) is 19.6. The molecule has 0 saturated heterocycles. The molecule has 0 aliphatic carbocycles. The maximum absolute atomic E-state index is 4.99. The molecule has 0 bridgehead atoms. The van der Waals surface area contributed by atoms with Gasteiger partial charge in [0.15, 0.2) is 17.5 Å². The number of pyridine rings is 1. The summed E-state index contributed by atoms with van der Waals surface area (Å²) in [4.78, 5) is 14.9. The van der Waals surface area contributed by atoms with Gasteiger partial charge in [0.25, 0.3) is 0 Å². The van der Waals surface area contributed by atoms with E-state index in [9.17, 15) is 0 Å². The fraction of sp³-hybridized carbons (Fsp3) is 0. The summed E-state index contributed by atoms with van der Waals surface area (Å²) in [6.07, 6.45) is 0. The second kappa shape index (κ2) is 12.8. The molecule has 0 spiro atoms. The van der Waals surface area contributed by atoms with Crippen LogP contribution in [-0.4, -0.2) is 23.9 Å². The smallest absolute Gasteiger partial charge is 0.164 e. The molecule has 5 heteroatoms. The third-order valence-corrected chi connectivity index (χ3v) is 11.5. The van der Waals surface area contributed by atoms with Crippen molar-refractivity contribution in [1.29, 1.82) is 0 Å². The highest BCUT2D eigenvalue weighted by molar-refractivity contribution is 6.27. The van der Waals surface area contributed by atoms with Crippen LogP contribution < -0.4 is 0 Å². The van der Waals surface area contributed by atoms with Gasteiger partial charge in [-0.15, -0.1) is 0 Å². The number of nitrogens with zero attached hydrogens (tertiary/aromatic N) is 5. The molecule has 4 aromatic heterocycles. The minimum atomic E-state index is 0.639. The summed E-state index contributed by atoms with van der Waals surface area (Å²) in [7, 11) is 0. The molecule has 0 atom stereocenters. The lowest BCUT2D eigenvalue weighted by atomic mass is 10.0. The summed E-state index contributed by atoms with van der Waals surface area (Å²) in [6.45, 7) is 0. The summed E-state index contributed by atoms with van der Waals surface area (Å²) in [5.74, 6) is 1.94. The molecule has 0 aliphatic rings. The first kappa shape index (κ1) is 32.4. The fourth-order valence-corrected chi connectivity index (χ4v) is 8.88. The molecule has 0 aliphatic heterocycles. The van der Waals surface area contributed by atoms with E-state index in [0.717, 1.165) is 33.5 Å². The Morgan fingerprint density at radius 1 is 0.310 bits per heavy atom. The maximum atomic E-state index is 4.99. The third-order valence-electron chi connectivity index (χ3n) is 11.5. The van der Waals surface area contributed by atoms with Gasteiger partial charge in [-0.25, -0.2) is 15.0 Å². The zero-order chi connectivity index (χ0) is 38.2. The molecule has 58 heavy (non-hydrogen) atoms. The second-order valence-corrected chi connectivity index (χ2v) is 14.8. The molecular weight excluding hydrogens is 707 g/mol. The molecule has 0 fully saturated rings. The molecule has 12 aromatic rings. The number of hydrogen-bond acceptors (Lipinski definition) is 3. The number of para-hydroxylation sites is 2. The summed E-state index contributed by atoms with van der Waals surface area (Å²) in [5.41, 5.74) is 12.2. The zero-order valence-corrected chi connectivity index (χ0v) is 31.3. The molecule has 0 saturated carbocycles. The van der Waals surface area contributed by atoms with E-state index >= 15 is 0 Å². The van der Waals surface area contributed by atoms with Crippen molar-refractivity contribution in [3.8, 4) is 51.0 Å². The topological polar surface area (TPSA) is 48.0 Å². The molecule has 0 unspecified atom stereocenters. The van der Waals surface area contributed by atoms with Crippen LogP contribution >= 0.6 is 0 Å². The number of rotatable bonds is 5. The van der Waals surface area contributed by atoms with Crippen molar-refractivity contribution in [2.45, 2.75) is 0 Å². The Morgan fingerprint density at radius 2 is 0.862 bits per heavy atom. The first-order chi connectivity index (χ1) is 28.8. The summed E-state index contributed by atoms with van der Waals surface area (Å²) in [5, 5.41) is 7.46. The van der Waals surface area contributed by atoms with Gasteiger partial charge in [-0.3, -0.25) is 0 Å². The number of aromatic nitrogens is 5. The maximum Gasteiger partial charge on any atom is 0.164 e. The van der Waals surface area contributed by atoms with Gasteiger partial charge < -0.3 is 8.97 Å². The van der Waals surface area contributed by atoms with E-state index in [-0.39, 0.29) is 0 Å². The highest BCUT2D eigenvalue weighted by Crippen LogP contribution is 2.42. The van der Waals surface area contributed by atoms with Crippen LogP contribution in [0, 0.1) is 0 Å². The van der Waals surface area contributed by atoms with E-state index in [2.05, 4.69) is 148 Å². The van der Waals surface area contributed by atoms with Gasteiger partial charge in [-0.05, 0) is 59.0 Å². The van der Waals surface area contributed by atoms with Gasteiger partial charge in [-0.1, -0.05) is 158 Å². The Labute approximate surface area is 333 Å². The van der Waals surface area contributed by atoms with Crippen LogP contribution in [0.4, 0.5) is 0 Å². The van der Waals surface area contributed by atoms with Gasteiger partial charge in [0.2, 0.25) is 0 Å². The van der Waals surface area contributed by atoms with E-state index in [0.29, 0.717) is 17.5 Å². The van der Waals surface area contributed by atoms with Crippen LogP contribution in [-0.2, 0) is 0 Å².